The van der Waals surface area contributed by atoms with Gasteiger partial charge in [0.05, 0.1) is 0 Å². The predicted molar refractivity (Wildman–Crippen MR) is 132 cm³/mol. The third kappa shape index (κ3) is 6.93. The molecule has 0 aliphatic carbocycles. The first-order valence-electron chi connectivity index (χ1n) is 12.3. The molecule has 3 rings (SSSR count). The Morgan fingerprint density at radius 2 is 1.58 bits per heavy atom. The zero-order valence-corrected chi connectivity index (χ0v) is 20.3. The van der Waals surface area contributed by atoms with E-state index < -0.39 is 0 Å². The second-order valence-electron chi connectivity index (χ2n) is 9.13. The van der Waals surface area contributed by atoms with Crippen LogP contribution in [0.5, 0.6) is 0 Å². The van der Waals surface area contributed by atoms with Gasteiger partial charge in [-0.2, -0.15) is 0 Å². The summed E-state index contributed by atoms with van der Waals surface area (Å²) in [5.41, 5.74) is 1.44. The van der Waals surface area contributed by atoms with Crippen LogP contribution in [0, 0.1) is 5.92 Å². The van der Waals surface area contributed by atoms with Crippen molar-refractivity contribution in [3.05, 3.63) is 35.9 Å². The lowest BCUT2D eigenvalue weighted by Crippen LogP contribution is -2.54. The van der Waals surface area contributed by atoms with Crippen LogP contribution in [0.1, 0.15) is 38.8 Å². The minimum Gasteiger partial charge on any atom is -0.356 e. The number of rotatable bonds is 8. The highest BCUT2D eigenvalue weighted by Crippen LogP contribution is 2.25. The number of likely N-dealkylation sites (N-methyl/N-ethyl adjacent to an activating group) is 1. The van der Waals surface area contributed by atoms with Crippen molar-refractivity contribution in [2.45, 2.75) is 33.2 Å². The molecule has 1 aromatic rings. The maximum atomic E-state index is 4.59. The molecule has 2 unspecified atom stereocenters. The second-order valence-corrected chi connectivity index (χ2v) is 9.13. The van der Waals surface area contributed by atoms with E-state index in [4.69, 9.17) is 0 Å². The van der Waals surface area contributed by atoms with E-state index >= 15 is 0 Å². The summed E-state index contributed by atoms with van der Waals surface area (Å²) in [4.78, 5) is 14.8. The fourth-order valence-electron chi connectivity index (χ4n) is 5.02. The molecule has 0 radical (unpaired) electrons. The van der Waals surface area contributed by atoms with Crippen LogP contribution in [0.25, 0.3) is 0 Å². The molecule has 0 bridgehead atoms. The third-order valence-corrected chi connectivity index (χ3v) is 6.93. The minimum atomic E-state index is 0.520. The van der Waals surface area contributed by atoms with Crippen LogP contribution in [0.3, 0.4) is 0 Å². The molecule has 0 spiro atoms. The first kappa shape index (κ1) is 24.0. The lowest BCUT2D eigenvalue weighted by atomic mass is 10.0. The molecule has 31 heavy (non-hydrogen) atoms. The third-order valence-electron chi connectivity index (χ3n) is 6.93. The number of benzene rings is 1. The largest absolute Gasteiger partial charge is 0.356 e. The van der Waals surface area contributed by atoms with Gasteiger partial charge in [-0.05, 0) is 24.4 Å². The molecule has 2 heterocycles. The monoisotopic (exact) mass is 428 g/mol. The van der Waals surface area contributed by atoms with Gasteiger partial charge in [0.25, 0.3) is 0 Å². The van der Waals surface area contributed by atoms with Gasteiger partial charge in [-0.15, -0.1) is 0 Å². The number of hydrogen-bond acceptors (Lipinski definition) is 4. The van der Waals surface area contributed by atoms with Crippen molar-refractivity contribution >= 4 is 5.96 Å². The van der Waals surface area contributed by atoms with Gasteiger partial charge in [0.15, 0.2) is 5.96 Å². The summed E-state index contributed by atoms with van der Waals surface area (Å²) in [6, 6.07) is 11.5. The quantitative estimate of drug-likeness (QED) is 0.509. The number of hydrogen-bond donors (Lipinski definition) is 1. The number of aliphatic imine (C=N–C) groups is 1. The molecule has 174 valence electrons. The Balaban J connectivity index is 1.42. The van der Waals surface area contributed by atoms with Crippen LogP contribution in [0.2, 0.25) is 0 Å². The van der Waals surface area contributed by atoms with Gasteiger partial charge >= 0.3 is 0 Å². The molecule has 6 nitrogen and oxygen atoms in total. The lowest BCUT2D eigenvalue weighted by molar-refractivity contribution is 0.122. The summed E-state index contributed by atoms with van der Waals surface area (Å²) < 4.78 is 0. The molecule has 1 N–H and O–H groups in total. The van der Waals surface area contributed by atoms with Crippen molar-refractivity contribution in [2.75, 3.05) is 79.0 Å². The van der Waals surface area contributed by atoms with Crippen LogP contribution < -0.4 is 5.32 Å². The summed E-state index contributed by atoms with van der Waals surface area (Å²) in [5, 5.41) is 3.66. The Morgan fingerprint density at radius 1 is 0.935 bits per heavy atom. The van der Waals surface area contributed by atoms with E-state index in [1.54, 1.807) is 0 Å². The van der Waals surface area contributed by atoms with Crippen molar-refractivity contribution in [1.29, 1.82) is 0 Å². The minimum absolute atomic E-state index is 0.520. The molecule has 2 fully saturated rings. The molecule has 0 aromatic heterocycles. The number of nitrogens with zero attached hydrogens (tertiary/aromatic N) is 5. The van der Waals surface area contributed by atoms with Crippen LogP contribution >= 0.6 is 0 Å². The highest BCUT2D eigenvalue weighted by atomic mass is 15.4. The van der Waals surface area contributed by atoms with Crippen molar-refractivity contribution < 1.29 is 0 Å². The van der Waals surface area contributed by atoms with Crippen LogP contribution in [-0.4, -0.2) is 105 Å². The molecule has 0 saturated carbocycles. The fraction of sp³-hybridized carbons (Fsp3) is 0.720. The molecule has 2 saturated heterocycles. The van der Waals surface area contributed by atoms with E-state index in [2.05, 4.69) is 81.0 Å². The highest BCUT2D eigenvalue weighted by molar-refractivity contribution is 5.80. The Bertz CT molecular complexity index is 647. The Hall–Kier alpha value is -1.63. The van der Waals surface area contributed by atoms with Gasteiger partial charge in [0.1, 0.15) is 0 Å². The van der Waals surface area contributed by atoms with E-state index in [0.717, 1.165) is 45.1 Å². The number of nitrogens with one attached hydrogen (secondary N) is 1. The average Bonchev–Trinajstić information content (AvgIpc) is 2.82. The summed E-state index contributed by atoms with van der Waals surface area (Å²) in [6.45, 7) is 19.3. The highest BCUT2D eigenvalue weighted by Gasteiger charge is 2.25. The first-order chi connectivity index (χ1) is 15.1. The van der Waals surface area contributed by atoms with Gasteiger partial charge in [0, 0.05) is 78.5 Å². The molecule has 2 aliphatic rings. The SMILES string of the molecule is CCC(c1ccccc1)N1CCN(C(=NC)NCC(C)CN2CCN(CC)CC2)CC1. The summed E-state index contributed by atoms with van der Waals surface area (Å²) in [6.07, 6.45) is 1.15. The van der Waals surface area contributed by atoms with Gasteiger partial charge in [0.2, 0.25) is 0 Å². The van der Waals surface area contributed by atoms with Crippen molar-refractivity contribution in [3.63, 3.8) is 0 Å². The molecular weight excluding hydrogens is 384 g/mol. The smallest absolute Gasteiger partial charge is 0.193 e. The van der Waals surface area contributed by atoms with Crippen molar-refractivity contribution in [1.82, 2.24) is 24.9 Å². The second kappa shape index (κ2) is 12.4. The van der Waals surface area contributed by atoms with E-state index in [0.29, 0.717) is 12.0 Å². The zero-order valence-electron chi connectivity index (χ0n) is 20.3. The first-order valence-corrected chi connectivity index (χ1v) is 12.3. The molecule has 0 amide bonds. The summed E-state index contributed by atoms with van der Waals surface area (Å²) >= 11 is 0. The lowest BCUT2D eigenvalue weighted by Gasteiger charge is -2.40. The molecule has 6 heteroatoms. The molecule has 2 aliphatic heterocycles. The van der Waals surface area contributed by atoms with Gasteiger partial charge in [-0.25, -0.2) is 0 Å². The van der Waals surface area contributed by atoms with Crippen molar-refractivity contribution in [3.8, 4) is 0 Å². The number of guanidine groups is 1. The van der Waals surface area contributed by atoms with E-state index in [1.165, 1.54) is 44.8 Å². The predicted octanol–water partition coefficient (Wildman–Crippen LogP) is 2.60. The zero-order chi connectivity index (χ0) is 22.1. The van der Waals surface area contributed by atoms with Gasteiger partial charge in [-0.3, -0.25) is 9.89 Å². The summed E-state index contributed by atoms with van der Waals surface area (Å²) in [5.74, 6) is 1.68. The number of piperazine rings is 2. The van der Waals surface area contributed by atoms with E-state index in [-0.39, 0.29) is 0 Å². The Morgan fingerprint density at radius 3 is 2.16 bits per heavy atom. The van der Waals surface area contributed by atoms with Gasteiger partial charge in [-0.1, -0.05) is 51.1 Å². The van der Waals surface area contributed by atoms with Crippen LogP contribution in [0.15, 0.2) is 35.3 Å². The maximum Gasteiger partial charge on any atom is 0.193 e. The Kier molecular flexibility index (Phi) is 9.62. The summed E-state index contributed by atoms with van der Waals surface area (Å²) in [7, 11) is 1.92. The van der Waals surface area contributed by atoms with E-state index in [9.17, 15) is 0 Å². The normalized spacial score (nSPS) is 21.8. The molecule has 1 aromatic carbocycles. The Labute approximate surface area is 190 Å². The topological polar surface area (TPSA) is 37.4 Å². The fourth-order valence-corrected chi connectivity index (χ4v) is 5.02. The van der Waals surface area contributed by atoms with Crippen LogP contribution in [-0.2, 0) is 0 Å². The maximum absolute atomic E-state index is 4.59. The van der Waals surface area contributed by atoms with E-state index in [1.807, 2.05) is 7.05 Å². The van der Waals surface area contributed by atoms with Crippen molar-refractivity contribution in [2.24, 2.45) is 10.9 Å². The van der Waals surface area contributed by atoms with Gasteiger partial charge < -0.3 is 20.0 Å². The average molecular weight is 429 g/mol. The molecule has 2 atom stereocenters. The molecular formula is C25H44N6. The standard InChI is InChI=1S/C25H44N6/c1-5-24(23-10-8-7-9-11-23)30-16-18-31(19-17-30)25(26-4)27-20-22(3)21-29-14-12-28(6-2)13-15-29/h7-11,22,24H,5-6,12-21H2,1-4H3,(H,26,27). The van der Waals surface area contributed by atoms with Crippen LogP contribution in [0.4, 0.5) is 0 Å².